The number of rotatable bonds is 10. The van der Waals surface area contributed by atoms with Gasteiger partial charge in [0.25, 0.3) is 0 Å². The second-order valence-electron chi connectivity index (χ2n) is 11.9. The van der Waals surface area contributed by atoms with Gasteiger partial charge in [-0.25, -0.2) is 4.98 Å². The molecule has 0 radical (unpaired) electrons. The molecule has 2 fully saturated rings. The quantitative estimate of drug-likeness (QED) is 0.318. The van der Waals surface area contributed by atoms with Gasteiger partial charge < -0.3 is 10.6 Å². The Morgan fingerprint density at radius 2 is 1.85 bits per heavy atom. The first-order valence-electron chi connectivity index (χ1n) is 15.2. The van der Waals surface area contributed by atoms with Crippen molar-refractivity contribution in [1.82, 2.24) is 9.97 Å². The van der Waals surface area contributed by atoms with E-state index in [0.717, 1.165) is 29.9 Å². The van der Waals surface area contributed by atoms with Gasteiger partial charge in [-0.2, -0.15) is 0 Å². The highest BCUT2D eigenvalue weighted by Crippen LogP contribution is 2.39. The number of nitrogens with zero attached hydrogens (tertiary/aromatic N) is 4. The highest BCUT2D eigenvalue weighted by atomic mass is 15.2. The van der Waals surface area contributed by atoms with Crippen LogP contribution in [-0.4, -0.2) is 28.8 Å². The summed E-state index contributed by atoms with van der Waals surface area (Å²) in [6.07, 6.45) is 17.7. The second kappa shape index (κ2) is 13.9. The van der Waals surface area contributed by atoms with E-state index in [0.29, 0.717) is 17.8 Å². The zero-order chi connectivity index (χ0) is 27.8. The lowest BCUT2D eigenvalue weighted by molar-refractivity contribution is 0.320. The van der Waals surface area contributed by atoms with Crippen molar-refractivity contribution in [3.05, 3.63) is 71.5 Å². The van der Waals surface area contributed by atoms with Crippen molar-refractivity contribution in [3.63, 3.8) is 0 Å². The average molecular weight is 528 g/mol. The molecule has 2 saturated carbocycles. The average Bonchev–Trinajstić information content (AvgIpc) is 2.96. The molecule has 0 amide bonds. The molecule has 2 aromatic rings. The number of aliphatic imine (C=N–C) groups is 1. The molecule has 0 aliphatic heterocycles. The minimum atomic E-state index is 0.225. The Morgan fingerprint density at radius 1 is 1.10 bits per heavy atom. The van der Waals surface area contributed by atoms with E-state index in [4.69, 9.17) is 15.7 Å². The van der Waals surface area contributed by atoms with E-state index in [-0.39, 0.29) is 6.04 Å². The smallest absolute Gasteiger partial charge is 0.133 e. The molecule has 2 aromatic heterocycles. The fourth-order valence-electron chi connectivity index (χ4n) is 6.31. The van der Waals surface area contributed by atoms with Crippen LogP contribution in [0.3, 0.4) is 0 Å². The third-order valence-corrected chi connectivity index (χ3v) is 8.77. The minimum absolute atomic E-state index is 0.225. The molecular weight excluding hydrogens is 478 g/mol. The molecule has 2 N–H and O–H groups in total. The third-order valence-electron chi connectivity index (χ3n) is 8.77. The molecule has 0 aromatic carbocycles. The van der Waals surface area contributed by atoms with Gasteiger partial charge in [0.15, 0.2) is 0 Å². The summed E-state index contributed by atoms with van der Waals surface area (Å²) < 4.78 is 0. The maximum Gasteiger partial charge on any atom is 0.133 e. The van der Waals surface area contributed by atoms with E-state index >= 15 is 0 Å². The molecule has 0 saturated heterocycles. The van der Waals surface area contributed by atoms with Crippen molar-refractivity contribution in [2.24, 2.45) is 22.6 Å². The number of allylic oxidation sites excluding steroid dienone is 2. The van der Waals surface area contributed by atoms with Crippen LogP contribution < -0.4 is 10.6 Å². The van der Waals surface area contributed by atoms with Gasteiger partial charge in [0.2, 0.25) is 0 Å². The lowest BCUT2D eigenvalue weighted by Crippen LogP contribution is -2.34. The van der Waals surface area contributed by atoms with Gasteiger partial charge >= 0.3 is 0 Å². The normalized spacial score (nSPS) is 21.0. The Balaban J connectivity index is 1.52. The van der Waals surface area contributed by atoms with Crippen LogP contribution in [0, 0.1) is 18.8 Å². The zero-order valence-corrected chi connectivity index (χ0v) is 24.7. The molecule has 5 nitrogen and oxygen atoms in total. The Morgan fingerprint density at radius 3 is 2.49 bits per heavy atom. The largest absolute Gasteiger partial charge is 0.404 e. The Kier molecular flexibility index (Phi) is 10.4. The molecule has 210 valence electrons. The van der Waals surface area contributed by atoms with E-state index in [1.165, 1.54) is 80.4 Å². The Bertz CT molecular complexity index is 1150. The summed E-state index contributed by atoms with van der Waals surface area (Å²) in [6.45, 7) is 14.2. The third kappa shape index (κ3) is 7.58. The van der Waals surface area contributed by atoms with Crippen molar-refractivity contribution < 1.29 is 0 Å². The summed E-state index contributed by atoms with van der Waals surface area (Å²) in [4.78, 5) is 16.9. The van der Waals surface area contributed by atoms with Crippen molar-refractivity contribution in [2.75, 3.05) is 11.4 Å². The van der Waals surface area contributed by atoms with Crippen molar-refractivity contribution in [3.8, 4) is 0 Å². The van der Waals surface area contributed by atoms with Gasteiger partial charge in [-0.15, -0.1) is 0 Å². The van der Waals surface area contributed by atoms with Gasteiger partial charge in [0, 0.05) is 59.8 Å². The van der Waals surface area contributed by atoms with Gasteiger partial charge in [-0.05, 0) is 107 Å². The molecule has 4 rings (SSSR count). The van der Waals surface area contributed by atoms with Gasteiger partial charge in [0.1, 0.15) is 5.82 Å². The van der Waals surface area contributed by atoms with Crippen LogP contribution >= 0.6 is 0 Å². The number of pyridine rings is 2. The maximum atomic E-state index is 6.02. The SMILES string of the molecule is C=C(C1CCCCC1)N(CC1CCC(c2ccc(CC)c(C)n2)CC1)c1cc(/C(C=NC(C)C)=C/N)ccn1. The maximum absolute atomic E-state index is 6.02. The number of hydrogen-bond acceptors (Lipinski definition) is 5. The van der Waals surface area contributed by atoms with Crippen LogP contribution in [0.5, 0.6) is 0 Å². The molecule has 39 heavy (non-hydrogen) atoms. The van der Waals surface area contributed by atoms with Crippen molar-refractivity contribution >= 4 is 17.6 Å². The topological polar surface area (TPSA) is 67.4 Å². The van der Waals surface area contributed by atoms with Gasteiger partial charge in [0.05, 0.1) is 0 Å². The van der Waals surface area contributed by atoms with Crippen LogP contribution in [0.1, 0.15) is 107 Å². The fourth-order valence-corrected chi connectivity index (χ4v) is 6.31. The summed E-state index contributed by atoms with van der Waals surface area (Å²) in [5.74, 6) is 2.71. The Labute approximate surface area is 236 Å². The van der Waals surface area contributed by atoms with E-state index in [1.807, 2.05) is 18.5 Å². The molecule has 0 bridgehead atoms. The first-order chi connectivity index (χ1) is 18.9. The lowest BCUT2D eigenvalue weighted by atomic mass is 9.79. The van der Waals surface area contributed by atoms with E-state index in [1.54, 1.807) is 6.20 Å². The van der Waals surface area contributed by atoms with Crippen LogP contribution in [0.2, 0.25) is 0 Å². The van der Waals surface area contributed by atoms with Crippen LogP contribution in [0.15, 0.2) is 53.9 Å². The predicted molar refractivity (Wildman–Crippen MR) is 166 cm³/mol. The molecule has 0 atom stereocenters. The highest BCUT2D eigenvalue weighted by molar-refractivity contribution is 6.09. The summed E-state index contributed by atoms with van der Waals surface area (Å²) >= 11 is 0. The van der Waals surface area contributed by atoms with Crippen LogP contribution in [0.25, 0.3) is 5.57 Å². The van der Waals surface area contributed by atoms with E-state index < -0.39 is 0 Å². The number of aryl methyl sites for hydroxylation is 2. The van der Waals surface area contributed by atoms with E-state index in [2.05, 4.69) is 62.4 Å². The number of hydrogen-bond donors (Lipinski definition) is 1. The molecular formula is C34H49N5. The number of aromatic nitrogens is 2. The van der Waals surface area contributed by atoms with Crippen LogP contribution in [-0.2, 0) is 6.42 Å². The van der Waals surface area contributed by atoms with Gasteiger partial charge in [-0.3, -0.25) is 9.98 Å². The predicted octanol–water partition coefficient (Wildman–Crippen LogP) is 8.00. The summed E-state index contributed by atoms with van der Waals surface area (Å²) in [6, 6.07) is 8.98. The first-order valence-corrected chi connectivity index (χ1v) is 15.2. The summed E-state index contributed by atoms with van der Waals surface area (Å²) in [5.41, 5.74) is 13.1. The zero-order valence-electron chi connectivity index (χ0n) is 24.7. The van der Waals surface area contributed by atoms with Crippen molar-refractivity contribution in [1.29, 1.82) is 0 Å². The molecule has 0 unspecified atom stereocenters. The fraction of sp³-hybridized carbons (Fsp3) is 0.559. The first kappa shape index (κ1) is 29.0. The Hall–Kier alpha value is -2.95. The van der Waals surface area contributed by atoms with Gasteiger partial charge in [-0.1, -0.05) is 38.8 Å². The molecule has 0 spiro atoms. The minimum Gasteiger partial charge on any atom is -0.404 e. The van der Waals surface area contributed by atoms with E-state index in [9.17, 15) is 0 Å². The van der Waals surface area contributed by atoms with Crippen molar-refractivity contribution in [2.45, 2.75) is 104 Å². The molecule has 5 heteroatoms. The summed E-state index contributed by atoms with van der Waals surface area (Å²) in [7, 11) is 0. The number of nitrogens with two attached hydrogens (primary N) is 1. The molecule has 2 aliphatic rings. The second-order valence-corrected chi connectivity index (χ2v) is 11.9. The monoisotopic (exact) mass is 527 g/mol. The lowest BCUT2D eigenvalue weighted by Gasteiger charge is -2.37. The molecule has 2 aliphatic carbocycles. The highest BCUT2D eigenvalue weighted by Gasteiger charge is 2.29. The number of anilines is 1. The van der Waals surface area contributed by atoms with Crippen LogP contribution in [0.4, 0.5) is 5.82 Å². The standard InChI is InChI=1S/C34H49N5/c1-6-28-16-17-33(38-25(28)4)30-14-12-27(13-15-30)23-39(26(5)29-10-8-7-9-11-29)34-20-31(18-19-36-34)32(21-35)22-37-24(2)3/h16-22,24,27,29-30H,5-15,23,35H2,1-4H3/b32-21+,37-22?. The molecule has 2 heterocycles. The summed E-state index contributed by atoms with van der Waals surface area (Å²) in [5, 5.41) is 0.